The largest absolute Gasteiger partial charge is 0.396 e. The van der Waals surface area contributed by atoms with Crippen molar-refractivity contribution in [2.45, 2.75) is 44.8 Å². The van der Waals surface area contributed by atoms with Crippen LogP contribution >= 0.6 is 0 Å². The molecule has 0 bridgehead atoms. The molecule has 1 aliphatic heterocycles. The molecular formula is C12H26NOSi-. The lowest BCUT2D eigenvalue weighted by molar-refractivity contribution is 0.152. The zero-order valence-electron chi connectivity index (χ0n) is 10.6. The SMILES string of the molecule is C[Si-](CC1CNCCC1CO)C(C)(C)C. The number of hydrogen-bond acceptors (Lipinski definition) is 2. The van der Waals surface area contributed by atoms with Crippen LogP contribution < -0.4 is 5.32 Å². The van der Waals surface area contributed by atoms with Gasteiger partial charge in [-0.05, 0) is 25.4 Å². The average Bonchev–Trinajstić information content (AvgIpc) is 2.17. The van der Waals surface area contributed by atoms with Gasteiger partial charge in [-0.15, -0.1) is 0 Å². The molecule has 1 heterocycles. The van der Waals surface area contributed by atoms with Crippen molar-refractivity contribution in [1.29, 1.82) is 0 Å². The first-order chi connectivity index (χ1) is 6.95. The molecule has 2 nitrogen and oxygen atoms in total. The van der Waals surface area contributed by atoms with Crippen molar-refractivity contribution in [2.75, 3.05) is 19.7 Å². The Kier molecular flexibility index (Phi) is 4.81. The molecule has 3 heteroatoms. The van der Waals surface area contributed by atoms with Crippen LogP contribution in [0.3, 0.4) is 0 Å². The lowest BCUT2D eigenvalue weighted by Crippen LogP contribution is -2.40. The Morgan fingerprint density at radius 1 is 1.33 bits per heavy atom. The molecule has 0 radical (unpaired) electrons. The van der Waals surface area contributed by atoms with Gasteiger partial charge < -0.3 is 10.4 Å². The van der Waals surface area contributed by atoms with Crippen LogP contribution in [0.4, 0.5) is 0 Å². The molecule has 2 N–H and O–H groups in total. The van der Waals surface area contributed by atoms with Crippen LogP contribution in [0.2, 0.25) is 17.6 Å². The van der Waals surface area contributed by atoms with Crippen LogP contribution in [0.5, 0.6) is 0 Å². The summed E-state index contributed by atoms with van der Waals surface area (Å²) in [5.74, 6) is 1.26. The fourth-order valence-electron chi connectivity index (χ4n) is 2.16. The first kappa shape index (κ1) is 13.2. The molecule has 0 spiro atoms. The van der Waals surface area contributed by atoms with Gasteiger partial charge in [0.15, 0.2) is 0 Å². The maximum atomic E-state index is 9.36. The molecule has 2 atom stereocenters. The van der Waals surface area contributed by atoms with Crippen molar-refractivity contribution < 1.29 is 5.11 Å². The third-order valence-corrected chi connectivity index (χ3v) is 7.55. The van der Waals surface area contributed by atoms with Crippen molar-refractivity contribution in [1.82, 2.24) is 5.32 Å². The Morgan fingerprint density at radius 2 is 2.00 bits per heavy atom. The molecule has 1 aliphatic rings. The molecule has 1 saturated heterocycles. The standard InChI is InChI=1S/C12H26NOSi/c1-12(2,3)15(4)9-11-7-13-6-5-10(11)8-14/h10-11,13-14H,5-9H2,1-4H3/q-1. The van der Waals surface area contributed by atoms with Crippen molar-refractivity contribution >= 4 is 8.80 Å². The van der Waals surface area contributed by atoms with Crippen LogP contribution in [0.1, 0.15) is 27.2 Å². The number of rotatable bonds is 3. The summed E-state index contributed by atoms with van der Waals surface area (Å²) in [7, 11) is -0.298. The Bertz CT molecular complexity index is 191. The second kappa shape index (κ2) is 5.46. The van der Waals surface area contributed by atoms with E-state index in [1.54, 1.807) is 0 Å². The van der Waals surface area contributed by atoms with E-state index in [4.69, 9.17) is 0 Å². The lowest BCUT2D eigenvalue weighted by Gasteiger charge is -2.45. The van der Waals surface area contributed by atoms with E-state index in [0.29, 0.717) is 23.5 Å². The summed E-state index contributed by atoms with van der Waals surface area (Å²) >= 11 is 0. The minimum absolute atomic E-state index is 0.298. The summed E-state index contributed by atoms with van der Waals surface area (Å²) in [5.41, 5.74) is 0. The highest BCUT2D eigenvalue weighted by atomic mass is 28.3. The van der Waals surface area contributed by atoms with Crippen LogP contribution in [0.25, 0.3) is 0 Å². The van der Waals surface area contributed by atoms with E-state index in [2.05, 4.69) is 32.6 Å². The van der Waals surface area contributed by atoms with Crippen molar-refractivity contribution in [3.8, 4) is 0 Å². The summed E-state index contributed by atoms with van der Waals surface area (Å²) in [6.45, 7) is 12.1. The molecule has 0 aromatic heterocycles. The highest BCUT2D eigenvalue weighted by Gasteiger charge is 2.23. The maximum Gasteiger partial charge on any atom is 0.0461 e. The topological polar surface area (TPSA) is 32.3 Å². The molecule has 0 saturated carbocycles. The highest BCUT2D eigenvalue weighted by molar-refractivity contribution is 6.60. The van der Waals surface area contributed by atoms with Crippen LogP contribution in [-0.4, -0.2) is 33.6 Å². The predicted molar refractivity (Wildman–Crippen MR) is 67.7 cm³/mol. The fourth-order valence-corrected chi connectivity index (χ4v) is 4.03. The Morgan fingerprint density at radius 3 is 2.53 bits per heavy atom. The van der Waals surface area contributed by atoms with Gasteiger partial charge in [0.1, 0.15) is 0 Å². The molecule has 0 aromatic carbocycles. The van der Waals surface area contributed by atoms with Gasteiger partial charge in [-0.1, -0.05) is 26.7 Å². The van der Waals surface area contributed by atoms with Gasteiger partial charge >= 0.3 is 0 Å². The first-order valence-electron chi connectivity index (χ1n) is 6.09. The summed E-state index contributed by atoms with van der Waals surface area (Å²) in [6, 6.07) is 1.34. The summed E-state index contributed by atoms with van der Waals surface area (Å²) in [5, 5.41) is 13.3. The van der Waals surface area contributed by atoms with Gasteiger partial charge in [0.05, 0.1) is 0 Å². The first-order valence-corrected chi connectivity index (χ1v) is 8.30. The van der Waals surface area contributed by atoms with E-state index < -0.39 is 0 Å². The van der Waals surface area contributed by atoms with E-state index in [0.717, 1.165) is 19.5 Å². The quantitative estimate of drug-likeness (QED) is 0.725. The fraction of sp³-hybridized carbons (Fsp3) is 1.00. The monoisotopic (exact) mass is 228 g/mol. The molecule has 0 aliphatic carbocycles. The minimum Gasteiger partial charge on any atom is -0.396 e. The normalized spacial score (nSPS) is 28.4. The number of hydrogen-bond donors (Lipinski definition) is 2. The molecule has 90 valence electrons. The van der Waals surface area contributed by atoms with Gasteiger partial charge in [0.25, 0.3) is 0 Å². The van der Waals surface area contributed by atoms with Crippen molar-refractivity contribution in [3.63, 3.8) is 0 Å². The van der Waals surface area contributed by atoms with Crippen molar-refractivity contribution in [2.24, 2.45) is 11.8 Å². The Hall–Kier alpha value is 0.137. The van der Waals surface area contributed by atoms with Gasteiger partial charge in [0, 0.05) is 6.61 Å². The zero-order valence-corrected chi connectivity index (χ0v) is 11.6. The number of piperidine rings is 1. The van der Waals surface area contributed by atoms with Crippen molar-refractivity contribution in [3.05, 3.63) is 0 Å². The Labute approximate surface area is 96.1 Å². The summed E-state index contributed by atoms with van der Waals surface area (Å²) < 4.78 is 0. The van der Waals surface area contributed by atoms with E-state index in [1.165, 1.54) is 6.04 Å². The predicted octanol–water partition coefficient (Wildman–Crippen LogP) is 2.13. The van der Waals surface area contributed by atoms with Gasteiger partial charge in [-0.2, -0.15) is 17.6 Å². The second-order valence-corrected chi connectivity index (χ2v) is 9.40. The molecule has 15 heavy (non-hydrogen) atoms. The molecular weight excluding hydrogens is 202 g/mol. The van der Waals surface area contributed by atoms with Crippen LogP contribution in [0, 0.1) is 11.8 Å². The minimum atomic E-state index is -0.298. The number of aliphatic hydroxyl groups excluding tert-OH is 1. The maximum absolute atomic E-state index is 9.36. The lowest BCUT2D eigenvalue weighted by atomic mass is 9.88. The van der Waals surface area contributed by atoms with Gasteiger partial charge in [-0.3, -0.25) is 8.80 Å². The summed E-state index contributed by atoms with van der Waals surface area (Å²) in [4.78, 5) is 0. The molecule has 1 fully saturated rings. The second-order valence-electron chi connectivity index (χ2n) is 5.93. The number of nitrogens with one attached hydrogen (secondary N) is 1. The van der Waals surface area contributed by atoms with E-state index in [9.17, 15) is 5.11 Å². The molecule has 0 aromatic rings. The zero-order chi connectivity index (χ0) is 11.5. The van der Waals surface area contributed by atoms with Crippen LogP contribution in [-0.2, 0) is 0 Å². The third kappa shape index (κ3) is 3.89. The van der Waals surface area contributed by atoms with Gasteiger partial charge in [-0.25, -0.2) is 0 Å². The highest BCUT2D eigenvalue weighted by Crippen LogP contribution is 2.34. The van der Waals surface area contributed by atoms with Gasteiger partial charge in [0.2, 0.25) is 0 Å². The molecule has 0 amide bonds. The van der Waals surface area contributed by atoms with E-state index >= 15 is 0 Å². The Balaban J connectivity index is 2.48. The van der Waals surface area contributed by atoms with Crippen LogP contribution in [0.15, 0.2) is 0 Å². The number of aliphatic hydroxyl groups is 1. The smallest absolute Gasteiger partial charge is 0.0461 e. The summed E-state index contributed by atoms with van der Waals surface area (Å²) in [6.07, 6.45) is 1.15. The van der Waals surface area contributed by atoms with E-state index in [1.807, 2.05) is 0 Å². The van der Waals surface area contributed by atoms with E-state index in [-0.39, 0.29) is 8.80 Å². The molecule has 2 unspecified atom stereocenters. The average molecular weight is 228 g/mol. The molecule has 1 rings (SSSR count). The third-order valence-electron chi connectivity index (χ3n) is 3.85.